The normalized spacial score (nSPS) is 13.1. The molecule has 1 aliphatic rings. The Hall–Kier alpha value is -1.51. The van der Waals surface area contributed by atoms with E-state index in [1.54, 1.807) is 0 Å². The van der Waals surface area contributed by atoms with Crippen LogP contribution >= 0.6 is 0 Å². The Bertz CT molecular complexity index is 374. The van der Waals surface area contributed by atoms with Gasteiger partial charge in [0.1, 0.15) is 0 Å². The van der Waals surface area contributed by atoms with Crippen LogP contribution < -0.4 is 5.32 Å². The summed E-state index contributed by atoms with van der Waals surface area (Å²) in [6, 6.07) is 6.11. The van der Waals surface area contributed by atoms with Crippen molar-refractivity contribution >= 4 is 11.7 Å². The molecule has 1 heterocycles. The fourth-order valence-electron chi connectivity index (χ4n) is 1.85. The van der Waals surface area contributed by atoms with Crippen molar-refractivity contribution < 1.29 is 9.53 Å². The highest BCUT2D eigenvalue weighted by molar-refractivity contribution is 5.73. The lowest BCUT2D eigenvalue weighted by Crippen LogP contribution is -2.07. The SMILES string of the molecule is CCOC(=O)Cc1ccc2c(c1)CCN2. The van der Waals surface area contributed by atoms with Crippen LogP contribution in [0.25, 0.3) is 0 Å². The first-order chi connectivity index (χ1) is 7.29. The number of carbonyl (C=O) groups is 1. The standard InChI is InChI=1S/C12H15NO2/c1-2-15-12(14)8-9-3-4-11-10(7-9)5-6-13-11/h3-4,7,13H,2,5-6,8H2,1H3. The maximum absolute atomic E-state index is 11.3. The number of nitrogens with one attached hydrogen (secondary N) is 1. The molecule has 1 aliphatic heterocycles. The number of rotatable bonds is 3. The summed E-state index contributed by atoms with van der Waals surface area (Å²) in [5, 5.41) is 3.29. The molecule has 1 aromatic rings. The summed E-state index contributed by atoms with van der Waals surface area (Å²) >= 11 is 0. The highest BCUT2D eigenvalue weighted by Gasteiger charge is 2.11. The Morgan fingerprint density at radius 3 is 3.20 bits per heavy atom. The molecule has 0 fully saturated rings. The van der Waals surface area contributed by atoms with Gasteiger partial charge < -0.3 is 10.1 Å². The first-order valence-electron chi connectivity index (χ1n) is 5.31. The molecule has 0 aliphatic carbocycles. The molecule has 80 valence electrons. The molecule has 0 saturated heterocycles. The smallest absolute Gasteiger partial charge is 0.310 e. The quantitative estimate of drug-likeness (QED) is 0.764. The van der Waals surface area contributed by atoms with Crippen LogP contribution in [0.1, 0.15) is 18.1 Å². The number of esters is 1. The minimum absolute atomic E-state index is 0.150. The van der Waals surface area contributed by atoms with Gasteiger partial charge in [-0.15, -0.1) is 0 Å². The lowest BCUT2D eigenvalue weighted by Gasteiger charge is -2.04. The Labute approximate surface area is 89.4 Å². The van der Waals surface area contributed by atoms with Gasteiger partial charge in [0.15, 0.2) is 0 Å². The van der Waals surface area contributed by atoms with Gasteiger partial charge in [-0.25, -0.2) is 0 Å². The third kappa shape index (κ3) is 2.29. The van der Waals surface area contributed by atoms with Gasteiger partial charge in [-0.2, -0.15) is 0 Å². The number of ether oxygens (including phenoxy) is 1. The fourth-order valence-corrected chi connectivity index (χ4v) is 1.85. The van der Waals surface area contributed by atoms with Gasteiger partial charge in [0.2, 0.25) is 0 Å². The van der Waals surface area contributed by atoms with Crippen LogP contribution in [0.4, 0.5) is 5.69 Å². The number of hydrogen-bond acceptors (Lipinski definition) is 3. The van der Waals surface area contributed by atoms with E-state index in [2.05, 4.69) is 11.4 Å². The lowest BCUT2D eigenvalue weighted by molar-refractivity contribution is -0.142. The molecule has 0 saturated carbocycles. The van der Waals surface area contributed by atoms with Crippen molar-refractivity contribution in [2.45, 2.75) is 19.8 Å². The van der Waals surface area contributed by atoms with E-state index in [4.69, 9.17) is 4.74 Å². The van der Waals surface area contributed by atoms with Crippen LogP contribution in [0.5, 0.6) is 0 Å². The van der Waals surface area contributed by atoms with E-state index in [1.165, 1.54) is 11.3 Å². The number of carbonyl (C=O) groups excluding carboxylic acids is 1. The monoisotopic (exact) mass is 205 g/mol. The van der Waals surface area contributed by atoms with Gasteiger partial charge in [0.25, 0.3) is 0 Å². The van der Waals surface area contributed by atoms with Gasteiger partial charge >= 0.3 is 5.97 Å². The number of fused-ring (bicyclic) bond motifs is 1. The van der Waals surface area contributed by atoms with Crippen molar-refractivity contribution in [3.8, 4) is 0 Å². The Kier molecular flexibility index (Phi) is 2.90. The van der Waals surface area contributed by atoms with Gasteiger partial charge in [0.05, 0.1) is 13.0 Å². The van der Waals surface area contributed by atoms with E-state index in [-0.39, 0.29) is 5.97 Å². The van der Waals surface area contributed by atoms with Crippen LogP contribution in [-0.2, 0) is 22.4 Å². The molecule has 0 atom stereocenters. The highest BCUT2D eigenvalue weighted by atomic mass is 16.5. The van der Waals surface area contributed by atoms with Crippen LogP contribution in [0.15, 0.2) is 18.2 Å². The van der Waals surface area contributed by atoms with Crippen LogP contribution in [0.3, 0.4) is 0 Å². The second kappa shape index (κ2) is 4.34. The summed E-state index contributed by atoms with van der Waals surface area (Å²) < 4.78 is 4.91. The summed E-state index contributed by atoms with van der Waals surface area (Å²) in [7, 11) is 0. The number of anilines is 1. The molecule has 1 aromatic carbocycles. The Balaban J connectivity index is 2.06. The molecule has 0 radical (unpaired) electrons. The number of benzene rings is 1. The van der Waals surface area contributed by atoms with Crippen molar-refractivity contribution in [1.29, 1.82) is 0 Å². The topological polar surface area (TPSA) is 38.3 Å². The Morgan fingerprint density at radius 1 is 1.53 bits per heavy atom. The molecule has 15 heavy (non-hydrogen) atoms. The predicted octanol–water partition coefficient (Wildman–Crippen LogP) is 1.76. The van der Waals surface area contributed by atoms with E-state index in [0.717, 1.165) is 18.5 Å². The fraction of sp³-hybridized carbons (Fsp3) is 0.417. The van der Waals surface area contributed by atoms with E-state index < -0.39 is 0 Å². The Morgan fingerprint density at radius 2 is 2.40 bits per heavy atom. The zero-order valence-electron chi connectivity index (χ0n) is 8.88. The molecule has 2 rings (SSSR count). The maximum Gasteiger partial charge on any atom is 0.310 e. The van der Waals surface area contributed by atoms with E-state index in [1.807, 2.05) is 19.1 Å². The maximum atomic E-state index is 11.3. The molecule has 0 unspecified atom stereocenters. The van der Waals surface area contributed by atoms with Crippen LogP contribution in [0.2, 0.25) is 0 Å². The molecule has 3 nitrogen and oxygen atoms in total. The van der Waals surface area contributed by atoms with Crippen LogP contribution in [-0.4, -0.2) is 19.1 Å². The molecule has 1 N–H and O–H groups in total. The zero-order chi connectivity index (χ0) is 10.7. The first kappa shape index (κ1) is 10.0. The summed E-state index contributed by atoms with van der Waals surface area (Å²) in [5.74, 6) is -0.150. The average molecular weight is 205 g/mol. The molecule has 0 amide bonds. The van der Waals surface area contributed by atoms with E-state index >= 15 is 0 Å². The highest BCUT2D eigenvalue weighted by Crippen LogP contribution is 2.23. The van der Waals surface area contributed by atoms with E-state index in [9.17, 15) is 4.79 Å². The second-order valence-corrected chi connectivity index (χ2v) is 3.65. The van der Waals surface area contributed by atoms with Crippen molar-refractivity contribution in [2.24, 2.45) is 0 Å². The second-order valence-electron chi connectivity index (χ2n) is 3.65. The molecular formula is C12H15NO2. The minimum atomic E-state index is -0.150. The summed E-state index contributed by atoms with van der Waals surface area (Å²) in [4.78, 5) is 11.3. The average Bonchev–Trinajstić information content (AvgIpc) is 2.65. The number of hydrogen-bond donors (Lipinski definition) is 1. The van der Waals surface area contributed by atoms with Crippen molar-refractivity contribution in [2.75, 3.05) is 18.5 Å². The molecule has 0 bridgehead atoms. The largest absolute Gasteiger partial charge is 0.466 e. The van der Waals surface area contributed by atoms with Gasteiger partial charge in [-0.05, 0) is 30.5 Å². The minimum Gasteiger partial charge on any atom is -0.466 e. The summed E-state index contributed by atoms with van der Waals surface area (Å²) in [6.07, 6.45) is 1.42. The van der Waals surface area contributed by atoms with Gasteiger partial charge in [0, 0.05) is 12.2 Å². The third-order valence-corrected chi connectivity index (χ3v) is 2.53. The molecular weight excluding hydrogens is 190 g/mol. The summed E-state index contributed by atoms with van der Waals surface area (Å²) in [6.45, 7) is 3.27. The first-order valence-corrected chi connectivity index (χ1v) is 5.31. The summed E-state index contributed by atoms with van der Waals surface area (Å²) in [5.41, 5.74) is 3.54. The molecule has 0 aromatic heterocycles. The van der Waals surface area contributed by atoms with E-state index in [0.29, 0.717) is 13.0 Å². The van der Waals surface area contributed by atoms with Crippen LogP contribution in [0, 0.1) is 0 Å². The third-order valence-electron chi connectivity index (χ3n) is 2.53. The van der Waals surface area contributed by atoms with Crippen molar-refractivity contribution in [3.05, 3.63) is 29.3 Å². The van der Waals surface area contributed by atoms with Gasteiger partial charge in [-0.1, -0.05) is 12.1 Å². The van der Waals surface area contributed by atoms with Crippen molar-refractivity contribution in [1.82, 2.24) is 0 Å². The van der Waals surface area contributed by atoms with Crippen molar-refractivity contribution in [3.63, 3.8) is 0 Å². The molecule has 0 spiro atoms. The molecule has 3 heteroatoms. The zero-order valence-corrected chi connectivity index (χ0v) is 8.88. The predicted molar refractivity (Wildman–Crippen MR) is 59.0 cm³/mol. The lowest BCUT2D eigenvalue weighted by atomic mass is 10.1. The van der Waals surface area contributed by atoms with Gasteiger partial charge in [-0.3, -0.25) is 4.79 Å².